The third kappa shape index (κ3) is 3.82. The molecule has 1 aliphatic carbocycles. The van der Waals surface area contributed by atoms with Crippen LogP contribution < -0.4 is 0 Å². The molecule has 6 heteroatoms. The lowest BCUT2D eigenvalue weighted by atomic mass is 9.84. The van der Waals surface area contributed by atoms with E-state index in [-0.39, 0.29) is 6.54 Å². The monoisotopic (exact) mass is 345 g/mol. The third-order valence-electron chi connectivity index (χ3n) is 4.67. The lowest BCUT2D eigenvalue weighted by Gasteiger charge is -2.22. The van der Waals surface area contributed by atoms with Gasteiger partial charge in [-0.1, -0.05) is 31.4 Å². The second-order valence-electron chi connectivity index (χ2n) is 6.36. The Morgan fingerprint density at radius 1 is 1.08 bits per heavy atom. The Labute approximate surface area is 143 Å². The summed E-state index contributed by atoms with van der Waals surface area (Å²) in [6.45, 7) is 0.209. The van der Waals surface area contributed by atoms with Gasteiger partial charge in [0.15, 0.2) is 0 Å². The highest BCUT2D eigenvalue weighted by Gasteiger charge is 2.22. The van der Waals surface area contributed by atoms with Crippen molar-refractivity contribution in [2.45, 2.75) is 49.5 Å². The molecular weight excluding hydrogens is 322 g/mol. The standard InChI is InChI=1S/C18H23N3O2S/c1-21(14-17-13-19-11-12-20-17)24(22,23)18-9-7-16(8-10-18)15-5-3-2-4-6-15/h7-13,15H,2-6,14H2,1H3. The van der Waals surface area contributed by atoms with E-state index < -0.39 is 10.0 Å². The van der Waals surface area contributed by atoms with Crippen molar-refractivity contribution in [3.05, 3.63) is 54.1 Å². The summed E-state index contributed by atoms with van der Waals surface area (Å²) < 4.78 is 26.7. The molecule has 1 aromatic carbocycles. The first-order chi connectivity index (χ1) is 11.6. The van der Waals surface area contributed by atoms with Gasteiger partial charge in [-0.05, 0) is 36.5 Å². The minimum Gasteiger partial charge on any atom is -0.261 e. The van der Waals surface area contributed by atoms with E-state index >= 15 is 0 Å². The fraction of sp³-hybridized carbons (Fsp3) is 0.444. The molecule has 128 valence electrons. The molecule has 1 heterocycles. The molecule has 1 aromatic heterocycles. The van der Waals surface area contributed by atoms with Crippen LogP contribution in [0.1, 0.15) is 49.3 Å². The largest absolute Gasteiger partial charge is 0.261 e. The molecule has 1 fully saturated rings. The zero-order valence-corrected chi connectivity index (χ0v) is 14.7. The van der Waals surface area contributed by atoms with Crippen LogP contribution in [0.25, 0.3) is 0 Å². The highest BCUT2D eigenvalue weighted by Crippen LogP contribution is 2.33. The van der Waals surface area contributed by atoms with Crippen molar-refractivity contribution in [2.75, 3.05) is 7.05 Å². The van der Waals surface area contributed by atoms with Gasteiger partial charge < -0.3 is 0 Å². The number of rotatable bonds is 5. The molecule has 1 aliphatic rings. The number of benzene rings is 1. The smallest absolute Gasteiger partial charge is 0.243 e. The van der Waals surface area contributed by atoms with Crippen molar-refractivity contribution in [1.29, 1.82) is 0 Å². The van der Waals surface area contributed by atoms with Crippen LogP contribution in [-0.4, -0.2) is 29.7 Å². The van der Waals surface area contributed by atoms with Gasteiger partial charge >= 0.3 is 0 Å². The van der Waals surface area contributed by atoms with Crippen molar-refractivity contribution in [1.82, 2.24) is 14.3 Å². The Morgan fingerprint density at radius 3 is 2.42 bits per heavy atom. The Hall–Kier alpha value is -1.79. The number of hydrogen-bond acceptors (Lipinski definition) is 4. The van der Waals surface area contributed by atoms with E-state index in [1.165, 1.54) is 42.0 Å². The summed E-state index contributed by atoms with van der Waals surface area (Å²) in [5.41, 5.74) is 1.88. The third-order valence-corrected chi connectivity index (χ3v) is 6.48. The van der Waals surface area contributed by atoms with Crippen LogP contribution in [0.4, 0.5) is 0 Å². The quantitative estimate of drug-likeness (QED) is 0.834. The molecule has 0 bridgehead atoms. The summed E-state index contributed by atoms with van der Waals surface area (Å²) in [5, 5.41) is 0. The molecule has 0 atom stereocenters. The molecule has 2 aromatic rings. The van der Waals surface area contributed by atoms with Gasteiger partial charge in [-0.25, -0.2) is 8.42 Å². The van der Waals surface area contributed by atoms with Gasteiger partial charge in [0, 0.05) is 25.6 Å². The van der Waals surface area contributed by atoms with Gasteiger partial charge in [0.25, 0.3) is 0 Å². The second kappa shape index (κ2) is 7.40. The van der Waals surface area contributed by atoms with E-state index in [0.717, 1.165) is 0 Å². The lowest BCUT2D eigenvalue weighted by Crippen LogP contribution is -2.27. The van der Waals surface area contributed by atoms with E-state index in [4.69, 9.17) is 0 Å². The van der Waals surface area contributed by atoms with Crippen molar-refractivity contribution in [3.8, 4) is 0 Å². The summed E-state index contributed by atoms with van der Waals surface area (Å²) >= 11 is 0. The molecule has 0 aliphatic heterocycles. The minimum atomic E-state index is -3.52. The highest BCUT2D eigenvalue weighted by molar-refractivity contribution is 7.89. The first-order valence-corrected chi connectivity index (χ1v) is 9.82. The van der Waals surface area contributed by atoms with Crippen molar-refractivity contribution in [2.24, 2.45) is 0 Å². The predicted molar refractivity (Wildman–Crippen MR) is 93.0 cm³/mol. The maximum absolute atomic E-state index is 12.7. The summed E-state index contributed by atoms with van der Waals surface area (Å²) in [4.78, 5) is 8.43. The highest BCUT2D eigenvalue weighted by atomic mass is 32.2. The van der Waals surface area contributed by atoms with Crippen LogP contribution in [0.15, 0.2) is 47.8 Å². The van der Waals surface area contributed by atoms with E-state index in [0.29, 0.717) is 16.5 Å². The molecule has 0 radical (unpaired) electrons. The fourth-order valence-corrected chi connectivity index (χ4v) is 4.39. The van der Waals surface area contributed by atoms with Crippen molar-refractivity contribution in [3.63, 3.8) is 0 Å². The second-order valence-corrected chi connectivity index (χ2v) is 8.41. The van der Waals surface area contributed by atoms with E-state index in [1.807, 2.05) is 12.1 Å². The van der Waals surface area contributed by atoms with Gasteiger partial charge in [0.2, 0.25) is 10.0 Å². The summed E-state index contributed by atoms with van der Waals surface area (Å²) in [6.07, 6.45) is 11.0. The Kier molecular flexibility index (Phi) is 5.26. The van der Waals surface area contributed by atoms with Gasteiger partial charge in [0.05, 0.1) is 17.1 Å². The molecule has 0 spiro atoms. The van der Waals surface area contributed by atoms with Crippen LogP contribution in [-0.2, 0) is 16.6 Å². The number of sulfonamides is 1. The molecular formula is C18H23N3O2S. The minimum absolute atomic E-state index is 0.209. The van der Waals surface area contributed by atoms with Crippen LogP contribution in [0.2, 0.25) is 0 Å². The van der Waals surface area contributed by atoms with Crippen LogP contribution >= 0.6 is 0 Å². The Morgan fingerprint density at radius 2 is 1.79 bits per heavy atom. The zero-order valence-electron chi connectivity index (χ0n) is 13.9. The van der Waals surface area contributed by atoms with Crippen LogP contribution in [0.5, 0.6) is 0 Å². The maximum Gasteiger partial charge on any atom is 0.243 e. The van der Waals surface area contributed by atoms with Crippen LogP contribution in [0.3, 0.4) is 0 Å². The molecule has 5 nitrogen and oxygen atoms in total. The van der Waals surface area contributed by atoms with Gasteiger partial charge in [-0.2, -0.15) is 4.31 Å². The Bertz CT molecular complexity index is 755. The SMILES string of the molecule is CN(Cc1cnccn1)S(=O)(=O)c1ccc(C2CCCCC2)cc1. The van der Waals surface area contributed by atoms with Crippen molar-refractivity contribution < 1.29 is 8.42 Å². The summed E-state index contributed by atoms with van der Waals surface area (Å²) in [7, 11) is -1.95. The lowest BCUT2D eigenvalue weighted by molar-refractivity contribution is 0.443. The Balaban J connectivity index is 1.74. The number of aromatic nitrogens is 2. The number of hydrogen-bond donors (Lipinski definition) is 0. The molecule has 0 amide bonds. The molecule has 0 unspecified atom stereocenters. The predicted octanol–water partition coefficient (Wildman–Crippen LogP) is 3.35. The first kappa shape index (κ1) is 17.0. The molecule has 3 rings (SSSR count). The molecule has 24 heavy (non-hydrogen) atoms. The van der Waals surface area contributed by atoms with Crippen molar-refractivity contribution >= 4 is 10.0 Å². The summed E-state index contributed by atoms with van der Waals surface area (Å²) in [5.74, 6) is 0.577. The normalized spacial score (nSPS) is 16.4. The number of nitrogens with zero attached hydrogens (tertiary/aromatic N) is 3. The maximum atomic E-state index is 12.7. The zero-order chi connectivity index (χ0) is 17.0. The average molecular weight is 345 g/mol. The summed E-state index contributed by atoms with van der Waals surface area (Å²) in [6, 6.07) is 7.40. The van der Waals surface area contributed by atoms with Gasteiger partial charge in [0.1, 0.15) is 0 Å². The van der Waals surface area contributed by atoms with Gasteiger partial charge in [-0.3, -0.25) is 9.97 Å². The fourth-order valence-electron chi connectivity index (χ4n) is 3.25. The van der Waals surface area contributed by atoms with E-state index in [9.17, 15) is 8.42 Å². The van der Waals surface area contributed by atoms with Crippen LogP contribution in [0, 0.1) is 0 Å². The first-order valence-electron chi connectivity index (χ1n) is 8.38. The van der Waals surface area contributed by atoms with E-state index in [1.54, 1.807) is 37.8 Å². The molecule has 0 saturated heterocycles. The topological polar surface area (TPSA) is 63.2 Å². The van der Waals surface area contributed by atoms with E-state index in [2.05, 4.69) is 9.97 Å². The molecule has 1 saturated carbocycles. The molecule has 0 N–H and O–H groups in total. The average Bonchev–Trinajstić information content (AvgIpc) is 2.63. The van der Waals surface area contributed by atoms with Gasteiger partial charge in [-0.15, -0.1) is 0 Å².